The first-order valence-electron chi connectivity index (χ1n) is 7.98. The van der Waals surface area contributed by atoms with Crippen LogP contribution in [0.25, 0.3) is 11.1 Å². The van der Waals surface area contributed by atoms with Crippen molar-refractivity contribution in [3.05, 3.63) is 42.2 Å². The van der Waals surface area contributed by atoms with Crippen LogP contribution >= 0.6 is 0 Å². The van der Waals surface area contributed by atoms with E-state index in [1.54, 1.807) is 0 Å². The number of hydrogen-bond donors (Lipinski definition) is 0. The summed E-state index contributed by atoms with van der Waals surface area (Å²) in [6.45, 7) is 0. The highest BCUT2D eigenvalue weighted by Crippen LogP contribution is 2.40. The summed E-state index contributed by atoms with van der Waals surface area (Å²) in [5.41, 5.74) is -0.505. The summed E-state index contributed by atoms with van der Waals surface area (Å²) >= 11 is 0. The number of aromatic nitrogens is 2. The summed E-state index contributed by atoms with van der Waals surface area (Å²) < 4.78 is 71.6. The Morgan fingerprint density at radius 3 is 2.46 bits per heavy atom. The standard InChI is InChI=1S/C17H17F3N2O3S/c1-25-13-3-4-14(9-13)26(23,24)16-5-2-11(8-15(16)17(18,19)20)12-6-7-21-22-10-12/h2,5-8,10,13-14H,3-4,9H2,1H3/t13-,14-/m0/s1. The largest absolute Gasteiger partial charge is 0.417 e. The molecule has 0 saturated heterocycles. The van der Waals surface area contributed by atoms with E-state index >= 15 is 0 Å². The average Bonchev–Trinajstić information content (AvgIpc) is 3.11. The maximum absolute atomic E-state index is 13.6. The van der Waals surface area contributed by atoms with Crippen molar-refractivity contribution in [3.8, 4) is 11.1 Å². The Balaban J connectivity index is 2.07. The molecule has 2 aromatic rings. The van der Waals surface area contributed by atoms with Gasteiger partial charge in [0.05, 0.1) is 34.2 Å². The highest BCUT2D eigenvalue weighted by atomic mass is 32.2. The second-order valence-electron chi connectivity index (χ2n) is 6.18. The number of sulfone groups is 1. The van der Waals surface area contributed by atoms with Gasteiger partial charge < -0.3 is 4.74 Å². The topological polar surface area (TPSA) is 69.2 Å². The molecule has 1 aromatic heterocycles. The van der Waals surface area contributed by atoms with Crippen molar-refractivity contribution < 1.29 is 26.3 Å². The number of hydrogen-bond acceptors (Lipinski definition) is 5. The minimum absolute atomic E-state index is 0.201. The molecule has 1 fully saturated rings. The van der Waals surface area contributed by atoms with Crippen LogP contribution in [0.1, 0.15) is 24.8 Å². The van der Waals surface area contributed by atoms with Gasteiger partial charge in [0.15, 0.2) is 9.84 Å². The number of alkyl halides is 3. The van der Waals surface area contributed by atoms with Crippen molar-refractivity contribution in [3.63, 3.8) is 0 Å². The number of halogens is 3. The summed E-state index contributed by atoms with van der Waals surface area (Å²) in [7, 11) is -2.65. The zero-order valence-electron chi connectivity index (χ0n) is 13.9. The van der Waals surface area contributed by atoms with E-state index < -0.39 is 31.7 Å². The van der Waals surface area contributed by atoms with Crippen molar-refractivity contribution in [1.82, 2.24) is 10.2 Å². The maximum atomic E-state index is 13.6. The fourth-order valence-corrected chi connectivity index (χ4v) is 5.23. The molecular weight excluding hydrogens is 369 g/mol. The molecule has 1 heterocycles. The number of nitrogens with zero attached hydrogens (tertiary/aromatic N) is 2. The summed E-state index contributed by atoms with van der Waals surface area (Å²) in [4.78, 5) is -0.683. The Labute approximate surface area is 149 Å². The molecule has 0 aliphatic heterocycles. The minimum Gasteiger partial charge on any atom is -0.381 e. The number of rotatable bonds is 4. The summed E-state index contributed by atoms with van der Waals surface area (Å²) in [6.07, 6.45) is -1.35. The van der Waals surface area contributed by atoms with Crippen molar-refractivity contribution in [2.45, 2.75) is 41.7 Å². The second kappa shape index (κ2) is 6.96. The van der Waals surface area contributed by atoms with Crippen LogP contribution in [0.15, 0.2) is 41.6 Å². The van der Waals surface area contributed by atoms with E-state index in [-0.39, 0.29) is 24.5 Å². The highest BCUT2D eigenvalue weighted by molar-refractivity contribution is 7.92. The van der Waals surface area contributed by atoms with Crippen molar-refractivity contribution in [1.29, 1.82) is 0 Å². The molecule has 0 N–H and O–H groups in total. The van der Waals surface area contributed by atoms with Gasteiger partial charge >= 0.3 is 6.18 Å². The second-order valence-corrected chi connectivity index (χ2v) is 8.37. The average molecular weight is 386 g/mol. The summed E-state index contributed by atoms with van der Waals surface area (Å²) in [5.74, 6) is 0. The maximum Gasteiger partial charge on any atom is 0.417 e. The van der Waals surface area contributed by atoms with E-state index in [0.29, 0.717) is 12.0 Å². The van der Waals surface area contributed by atoms with Gasteiger partial charge in [-0.2, -0.15) is 23.4 Å². The van der Waals surface area contributed by atoms with Crippen molar-refractivity contribution in [2.24, 2.45) is 0 Å². The molecule has 0 unspecified atom stereocenters. The molecule has 140 valence electrons. The van der Waals surface area contributed by atoms with Gasteiger partial charge in [0, 0.05) is 12.7 Å². The van der Waals surface area contributed by atoms with Crippen LogP contribution in [0.3, 0.4) is 0 Å². The van der Waals surface area contributed by atoms with Crippen LogP contribution in [0.4, 0.5) is 13.2 Å². The molecule has 1 aliphatic carbocycles. The van der Waals surface area contributed by atoms with E-state index in [0.717, 1.165) is 12.1 Å². The third kappa shape index (κ3) is 3.59. The smallest absolute Gasteiger partial charge is 0.381 e. The molecule has 0 bridgehead atoms. The minimum atomic E-state index is -4.79. The van der Waals surface area contributed by atoms with Crippen molar-refractivity contribution in [2.75, 3.05) is 7.11 Å². The van der Waals surface area contributed by atoms with Crippen molar-refractivity contribution >= 4 is 9.84 Å². The molecule has 5 nitrogen and oxygen atoms in total. The van der Waals surface area contributed by atoms with E-state index in [4.69, 9.17) is 4.74 Å². The fraction of sp³-hybridized carbons (Fsp3) is 0.412. The highest BCUT2D eigenvalue weighted by Gasteiger charge is 2.42. The lowest BCUT2D eigenvalue weighted by Gasteiger charge is -2.18. The Hall–Kier alpha value is -2.00. The summed E-state index contributed by atoms with van der Waals surface area (Å²) in [5, 5.41) is 6.35. The molecule has 0 spiro atoms. The molecule has 0 amide bonds. The van der Waals surface area contributed by atoms with Crippen LogP contribution < -0.4 is 0 Å². The predicted molar refractivity (Wildman–Crippen MR) is 88.1 cm³/mol. The predicted octanol–water partition coefficient (Wildman–Crippen LogP) is 3.50. The molecule has 1 aliphatic rings. The lowest BCUT2D eigenvalue weighted by atomic mass is 10.0. The van der Waals surface area contributed by atoms with E-state index in [9.17, 15) is 21.6 Å². The zero-order chi connectivity index (χ0) is 18.9. The Bertz CT molecular complexity index is 886. The third-order valence-corrected chi connectivity index (χ3v) is 6.89. The molecule has 2 atom stereocenters. The lowest BCUT2D eigenvalue weighted by Crippen LogP contribution is -2.23. The number of benzene rings is 1. The van der Waals surface area contributed by atoms with Crippen LogP contribution in [-0.4, -0.2) is 37.1 Å². The van der Waals surface area contributed by atoms with E-state index in [2.05, 4.69) is 10.2 Å². The first-order chi connectivity index (χ1) is 12.2. The molecule has 1 saturated carbocycles. The first-order valence-corrected chi connectivity index (χ1v) is 9.53. The van der Waals surface area contributed by atoms with Gasteiger partial charge in [-0.3, -0.25) is 0 Å². The molecule has 3 rings (SSSR count). The normalized spacial score (nSPS) is 21.1. The van der Waals surface area contributed by atoms with Gasteiger partial charge in [-0.15, -0.1) is 0 Å². The van der Waals surface area contributed by atoms with E-state index in [1.807, 2.05) is 0 Å². The molecule has 1 aromatic carbocycles. The van der Waals surface area contributed by atoms with E-state index in [1.165, 1.54) is 31.6 Å². The molecule has 0 radical (unpaired) electrons. The first kappa shape index (κ1) is 18.8. The van der Waals surface area contributed by atoms with Crippen LogP contribution in [0.2, 0.25) is 0 Å². The lowest BCUT2D eigenvalue weighted by molar-refractivity contribution is -0.139. The fourth-order valence-electron chi connectivity index (χ4n) is 3.22. The molecular formula is C17H17F3N2O3S. The number of ether oxygens (including phenoxy) is 1. The van der Waals surface area contributed by atoms with Crippen LogP contribution in [0, 0.1) is 0 Å². The SMILES string of the molecule is CO[C@H]1CC[C@H](S(=O)(=O)c2ccc(-c3ccnnc3)cc2C(F)(F)F)C1. The monoisotopic (exact) mass is 386 g/mol. The molecule has 26 heavy (non-hydrogen) atoms. The Morgan fingerprint density at radius 2 is 1.88 bits per heavy atom. The Kier molecular flexibility index (Phi) is 5.03. The third-order valence-electron chi connectivity index (χ3n) is 4.62. The van der Waals surface area contributed by atoms with Crippen LogP contribution in [-0.2, 0) is 20.8 Å². The van der Waals surface area contributed by atoms with Crippen LogP contribution in [0.5, 0.6) is 0 Å². The number of methoxy groups -OCH3 is 1. The quantitative estimate of drug-likeness (QED) is 0.804. The van der Waals surface area contributed by atoms with Gasteiger partial charge in [0.2, 0.25) is 0 Å². The van der Waals surface area contributed by atoms with Gasteiger partial charge in [-0.25, -0.2) is 8.42 Å². The van der Waals surface area contributed by atoms with Gasteiger partial charge in [0.1, 0.15) is 0 Å². The van der Waals surface area contributed by atoms with Gasteiger partial charge in [0.25, 0.3) is 0 Å². The van der Waals surface area contributed by atoms with Gasteiger partial charge in [-0.05, 0) is 43.0 Å². The van der Waals surface area contributed by atoms with Gasteiger partial charge in [-0.1, -0.05) is 6.07 Å². The molecule has 9 heteroatoms. The zero-order valence-corrected chi connectivity index (χ0v) is 14.7. The Morgan fingerprint density at radius 1 is 1.12 bits per heavy atom. The summed E-state index contributed by atoms with van der Waals surface area (Å²) in [6, 6.07) is 4.76.